The van der Waals surface area contributed by atoms with Crippen molar-refractivity contribution in [2.75, 3.05) is 13.2 Å². The van der Waals surface area contributed by atoms with Gasteiger partial charge in [0, 0.05) is 6.04 Å². The third kappa shape index (κ3) is 3.83. The summed E-state index contributed by atoms with van der Waals surface area (Å²) in [6.45, 7) is 10.8. The summed E-state index contributed by atoms with van der Waals surface area (Å²) in [5.74, 6) is 0. The highest BCUT2D eigenvalue weighted by Crippen LogP contribution is 2.33. The largest absolute Gasteiger partial charge is 0.372 e. The molecular formula is C18H29NO. The van der Waals surface area contributed by atoms with E-state index in [2.05, 4.69) is 57.3 Å². The van der Waals surface area contributed by atoms with Gasteiger partial charge >= 0.3 is 0 Å². The molecule has 2 heteroatoms. The van der Waals surface area contributed by atoms with Crippen LogP contribution in [-0.4, -0.2) is 19.2 Å². The SMILES string of the molecule is CCNC(COC1CCCc2ccccc21)C(C)(C)C. The summed E-state index contributed by atoms with van der Waals surface area (Å²) in [4.78, 5) is 0. The maximum atomic E-state index is 6.29. The van der Waals surface area contributed by atoms with Gasteiger partial charge in [-0.3, -0.25) is 0 Å². The summed E-state index contributed by atoms with van der Waals surface area (Å²) in [7, 11) is 0. The molecule has 20 heavy (non-hydrogen) atoms. The minimum Gasteiger partial charge on any atom is -0.372 e. The Morgan fingerprint density at radius 3 is 2.75 bits per heavy atom. The van der Waals surface area contributed by atoms with E-state index in [0.717, 1.165) is 19.6 Å². The summed E-state index contributed by atoms with van der Waals surface area (Å²) < 4.78 is 6.29. The fourth-order valence-electron chi connectivity index (χ4n) is 2.96. The van der Waals surface area contributed by atoms with E-state index in [1.165, 1.54) is 24.0 Å². The first kappa shape index (κ1) is 15.5. The van der Waals surface area contributed by atoms with Crippen LogP contribution in [0.2, 0.25) is 0 Å². The van der Waals surface area contributed by atoms with Crippen molar-refractivity contribution in [1.82, 2.24) is 5.32 Å². The van der Waals surface area contributed by atoms with Crippen LogP contribution >= 0.6 is 0 Å². The molecule has 0 amide bonds. The molecule has 1 aliphatic carbocycles. The number of fused-ring (bicyclic) bond motifs is 1. The van der Waals surface area contributed by atoms with Crippen LogP contribution in [0.4, 0.5) is 0 Å². The molecule has 0 fully saturated rings. The molecular weight excluding hydrogens is 246 g/mol. The molecule has 0 aromatic heterocycles. The summed E-state index contributed by atoms with van der Waals surface area (Å²) in [5, 5.41) is 3.56. The van der Waals surface area contributed by atoms with Gasteiger partial charge in [-0.05, 0) is 42.3 Å². The lowest BCUT2D eigenvalue weighted by Gasteiger charge is -2.34. The highest BCUT2D eigenvalue weighted by Gasteiger charge is 2.27. The quantitative estimate of drug-likeness (QED) is 0.873. The number of rotatable bonds is 5. The number of hydrogen-bond donors (Lipinski definition) is 1. The van der Waals surface area contributed by atoms with Crippen molar-refractivity contribution in [2.45, 2.75) is 59.1 Å². The van der Waals surface area contributed by atoms with Gasteiger partial charge in [-0.1, -0.05) is 52.0 Å². The topological polar surface area (TPSA) is 21.3 Å². The minimum atomic E-state index is 0.226. The lowest BCUT2D eigenvalue weighted by atomic mass is 9.86. The molecule has 2 rings (SSSR count). The van der Waals surface area contributed by atoms with Gasteiger partial charge < -0.3 is 10.1 Å². The zero-order valence-corrected chi connectivity index (χ0v) is 13.4. The summed E-state index contributed by atoms with van der Waals surface area (Å²) in [6.07, 6.45) is 3.87. The van der Waals surface area contributed by atoms with Gasteiger partial charge in [0.1, 0.15) is 0 Å². The molecule has 0 saturated carbocycles. The number of benzene rings is 1. The Morgan fingerprint density at radius 2 is 2.05 bits per heavy atom. The highest BCUT2D eigenvalue weighted by atomic mass is 16.5. The van der Waals surface area contributed by atoms with Crippen LogP contribution in [0.15, 0.2) is 24.3 Å². The number of aryl methyl sites for hydroxylation is 1. The van der Waals surface area contributed by atoms with Gasteiger partial charge in [0.15, 0.2) is 0 Å². The van der Waals surface area contributed by atoms with Gasteiger partial charge in [-0.2, -0.15) is 0 Å². The molecule has 0 saturated heterocycles. The van der Waals surface area contributed by atoms with E-state index in [1.807, 2.05) is 0 Å². The fourth-order valence-corrected chi connectivity index (χ4v) is 2.96. The average molecular weight is 275 g/mol. The summed E-state index contributed by atoms with van der Waals surface area (Å²) in [6, 6.07) is 9.15. The molecule has 1 aliphatic rings. The second-order valence-electron chi connectivity index (χ2n) is 6.89. The van der Waals surface area contributed by atoms with E-state index < -0.39 is 0 Å². The Balaban J connectivity index is 2.00. The van der Waals surface area contributed by atoms with Crippen LogP contribution in [-0.2, 0) is 11.2 Å². The van der Waals surface area contributed by atoms with Crippen molar-refractivity contribution in [3.8, 4) is 0 Å². The minimum absolute atomic E-state index is 0.226. The Kier molecular flexibility index (Phi) is 5.22. The molecule has 2 unspecified atom stereocenters. The van der Waals surface area contributed by atoms with E-state index >= 15 is 0 Å². The molecule has 112 valence electrons. The van der Waals surface area contributed by atoms with E-state index in [-0.39, 0.29) is 11.5 Å². The van der Waals surface area contributed by atoms with Crippen molar-refractivity contribution >= 4 is 0 Å². The van der Waals surface area contributed by atoms with Crippen molar-refractivity contribution in [3.05, 3.63) is 35.4 Å². The van der Waals surface area contributed by atoms with Crippen molar-refractivity contribution in [1.29, 1.82) is 0 Å². The maximum absolute atomic E-state index is 6.29. The van der Waals surface area contributed by atoms with Crippen LogP contribution in [0.25, 0.3) is 0 Å². The first-order valence-electron chi connectivity index (χ1n) is 7.95. The second-order valence-corrected chi connectivity index (χ2v) is 6.89. The molecule has 2 nitrogen and oxygen atoms in total. The number of ether oxygens (including phenoxy) is 1. The normalized spacial score (nSPS) is 20.5. The third-order valence-electron chi connectivity index (χ3n) is 4.27. The Bertz CT molecular complexity index is 422. The molecule has 1 N–H and O–H groups in total. The standard InChI is InChI=1S/C18H29NO/c1-5-19-17(18(2,3)4)13-20-16-12-8-10-14-9-6-7-11-15(14)16/h6-7,9,11,16-17,19H,5,8,10,12-13H2,1-4H3. The van der Waals surface area contributed by atoms with E-state index in [4.69, 9.17) is 4.74 Å². The maximum Gasteiger partial charge on any atom is 0.0828 e. The zero-order chi connectivity index (χ0) is 14.6. The zero-order valence-electron chi connectivity index (χ0n) is 13.4. The fraction of sp³-hybridized carbons (Fsp3) is 0.667. The van der Waals surface area contributed by atoms with E-state index in [0.29, 0.717) is 6.04 Å². The van der Waals surface area contributed by atoms with Crippen molar-refractivity contribution in [3.63, 3.8) is 0 Å². The van der Waals surface area contributed by atoms with Gasteiger partial charge in [0.25, 0.3) is 0 Å². The molecule has 0 heterocycles. The van der Waals surface area contributed by atoms with Crippen LogP contribution in [0.3, 0.4) is 0 Å². The lowest BCUT2D eigenvalue weighted by molar-refractivity contribution is 0.00737. The molecule has 0 spiro atoms. The van der Waals surface area contributed by atoms with Crippen molar-refractivity contribution < 1.29 is 4.74 Å². The Hall–Kier alpha value is -0.860. The smallest absolute Gasteiger partial charge is 0.0828 e. The van der Waals surface area contributed by atoms with Crippen LogP contribution in [0.1, 0.15) is 57.8 Å². The van der Waals surface area contributed by atoms with Gasteiger partial charge in [-0.15, -0.1) is 0 Å². The predicted octanol–water partition coefficient (Wildman–Crippen LogP) is 4.10. The van der Waals surface area contributed by atoms with Gasteiger partial charge in [-0.25, -0.2) is 0 Å². The number of nitrogens with one attached hydrogen (secondary N) is 1. The highest BCUT2D eigenvalue weighted by molar-refractivity contribution is 5.31. The Morgan fingerprint density at radius 1 is 1.30 bits per heavy atom. The van der Waals surface area contributed by atoms with E-state index in [9.17, 15) is 0 Å². The second kappa shape index (κ2) is 6.73. The summed E-state index contributed by atoms with van der Waals surface area (Å²) >= 11 is 0. The number of likely N-dealkylation sites (N-methyl/N-ethyl adjacent to an activating group) is 1. The molecule has 2 atom stereocenters. The monoisotopic (exact) mass is 275 g/mol. The molecule has 1 aromatic rings. The predicted molar refractivity (Wildman–Crippen MR) is 85.0 cm³/mol. The first-order valence-corrected chi connectivity index (χ1v) is 7.95. The van der Waals surface area contributed by atoms with Crippen LogP contribution < -0.4 is 5.32 Å². The van der Waals surface area contributed by atoms with E-state index in [1.54, 1.807) is 0 Å². The lowest BCUT2D eigenvalue weighted by Crippen LogP contribution is -2.44. The Labute approximate surface area is 123 Å². The molecule has 0 aliphatic heterocycles. The van der Waals surface area contributed by atoms with Crippen LogP contribution in [0, 0.1) is 5.41 Å². The van der Waals surface area contributed by atoms with Gasteiger partial charge in [0.05, 0.1) is 12.7 Å². The average Bonchev–Trinajstić information content (AvgIpc) is 2.42. The molecule has 0 bridgehead atoms. The van der Waals surface area contributed by atoms with Gasteiger partial charge in [0.2, 0.25) is 0 Å². The number of hydrogen-bond acceptors (Lipinski definition) is 2. The van der Waals surface area contributed by atoms with Crippen molar-refractivity contribution in [2.24, 2.45) is 5.41 Å². The van der Waals surface area contributed by atoms with Crippen LogP contribution in [0.5, 0.6) is 0 Å². The third-order valence-corrected chi connectivity index (χ3v) is 4.27. The first-order chi connectivity index (χ1) is 9.52. The summed E-state index contributed by atoms with van der Waals surface area (Å²) in [5.41, 5.74) is 3.10. The molecule has 1 aromatic carbocycles. The molecule has 0 radical (unpaired) electrons.